The van der Waals surface area contributed by atoms with Crippen LogP contribution < -0.4 is 16.0 Å². The molecule has 23 heavy (non-hydrogen) atoms. The Kier molecular flexibility index (Phi) is 6.22. The van der Waals surface area contributed by atoms with Crippen molar-refractivity contribution in [2.75, 3.05) is 17.2 Å². The van der Waals surface area contributed by atoms with Crippen molar-refractivity contribution in [3.8, 4) is 0 Å². The molecule has 0 atom stereocenters. The summed E-state index contributed by atoms with van der Waals surface area (Å²) in [6.07, 6.45) is 0.679. The zero-order chi connectivity index (χ0) is 17.7. The fraction of sp³-hybridized carbons (Fsp3) is 0.571. The van der Waals surface area contributed by atoms with Gasteiger partial charge in [0.1, 0.15) is 23.6 Å². The number of amides is 1. The normalized spacial score (nSPS) is 11.6. The lowest BCUT2D eigenvalue weighted by molar-refractivity contribution is 0.0635. The molecule has 0 aromatic carbocycles. The van der Waals surface area contributed by atoms with E-state index < -0.39 is 17.2 Å². The van der Waals surface area contributed by atoms with Gasteiger partial charge in [-0.1, -0.05) is 0 Å². The van der Waals surface area contributed by atoms with Crippen molar-refractivity contribution in [1.29, 1.82) is 0 Å². The number of nitrogens with zero attached hydrogens (tertiary/aromatic N) is 2. The number of hydrogen-bond donors (Lipinski definition) is 4. The van der Waals surface area contributed by atoms with Crippen LogP contribution in [-0.4, -0.2) is 44.0 Å². The molecule has 4 N–H and O–H groups in total. The molecule has 8 nitrogen and oxygen atoms in total. The Morgan fingerprint density at radius 3 is 2.30 bits per heavy atom. The van der Waals surface area contributed by atoms with Crippen molar-refractivity contribution in [2.45, 2.75) is 45.8 Å². The lowest BCUT2D eigenvalue weighted by atomic mass is 10.1. The summed E-state index contributed by atoms with van der Waals surface area (Å²) in [5.74, 6) is 0.679. The second kappa shape index (κ2) is 7.51. The Balaban J connectivity index is 2.67. The van der Waals surface area contributed by atoms with Crippen molar-refractivity contribution >= 4 is 35.1 Å². The molecule has 1 rings (SSSR count). The predicted molar refractivity (Wildman–Crippen MR) is 92.4 cm³/mol. The molecule has 0 aliphatic heterocycles. The first-order valence-electron chi connectivity index (χ1n) is 7.03. The molecule has 0 saturated carbocycles. The van der Waals surface area contributed by atoms with E-state index in [4.69, 9.17) is 17.0 Å². The van der Waals surface area contributed by atoms with Crippen LogP contribution in [0.2, 0.25) is 0 Å². The van der Waals surface area contributed by atoms with E-state index in [2.05, 4.69) is 25.9 Å². The van der Waals surface area contributed by atoms with Crippen LogP contribution in [0.1, 0.15) is 34.6 Å². The van der Waals surface area contributed by atoms with E-state index in [0.717, 1.165) is 0 Å². The first-order valence-corrected chi connectivity index (χ1v) is 7.44. The summed E-state index contributed by atoms with van der Waals surface area (Å²) in [4.78, 5) is 19.7. The van der Waals surface area contributed by atoms with E-state index in [-0.39, 0.29) is 12.4 Å². The van der Waals surface area contributed by atoms with Crippen LogP contribution in [-0.2, 0) is 4.74 Å². The third kappa shape index (κ3) is 7.71. The maximum absolute atomic E-state index is 11.7. The van der Waals surface area contributed by atoms with Gasteiger partial charge in [-0.05, 0) is 46.8 Å². The number of hydrogen-bond acceptors (Lipinski definition) is 6. The topological polar surface area (TPSA) is 108 Å². The highest BCUT2D eigenvalue weighted by Crippen LogP contribution is 2.12. The monoisotopic (exact) mass is 341 g/mol. The number of ether oxygens (including phenoxy) is 1. The minimum atomic E-state index is -0.607. The Bertz CT molecular complexity index is 572. The summed E-state index contributed by atoms with van der Waals surface area (Å²) in [5, 5.41) is 17.8. The van der Waals surface area contributed by atoms with Crippen LogP contribution in [0.25, 0.3) is 0 Å². The van der Waals surface area contributed by atoms with Gasteiger partial charge in [-0.15, -0.1) is 0 Å². The van der Waals surface area contributed by atoms with Gasteiger partial charge in [0.05, 0.1) is 12.1 Å². The predicted octanol–water partition coefficient (Wildman–Crippen LogP) is 1.88. The molecule has 1 aromatic rings. The number of aromatic nitrogens is 2. The lowest BCUT2D eigenvalue weighted by Gasteiger charge is -2.25. The van der Waals surface area contributed by atoms with E-state index in [1.165, 1.54) is 12.4 Å². The van der Waals surface area contributed by atoms with Gasteiger partial charge in [0.15, 0.2) is 5.11 Å². The SMILES string of the molecule is CC(C)(CO)NC(=S)Nc1cc(NC(=O)OC(C)(C)C)ncn1. The molecule has 0 unspecified atom stereocenters. The second-order valence-electron chi connectivity index (χ2n) is 6.54. The van der Waals surface area contributed by atoms with Crippen LogP contribution in [0.4, 0.5) is 16.4 Å². The zero-order valence-electron chi connectivity index (χ0n) is 13.9. The van der Waals surface area contributed by atoms with E-state index in [1.807, 2.05) is 0 Å². The van der Waals surface area contributed by atoms with E-state index in [1.54, 1.807) is 34.6 Å². The van der Waals surface area contributed by atoms with Crippen LogP contribution in [0.3, 0.4) is 0 Å². The molecule has 0 saturated heterocycles. The summed E-state index contributed by atoms with van der Waals surface area (Å²) >= 11 is 5.15. The molecule has 1 amide bonds. The number of nitrogens with one attached hydrogen (secondary N) is 3. The lowest BCUT2D eigenvalue weighted by Crippen LogP contribution is -2.48. The first kappa shape index (κ1) is 19.0. The number of aliphatic hydroxyl groups is 1. The van der Waals surface area contributed by atoms with Crippen molar-refractivity contribution in [2.24, 2.45) is 0 Å². The maximum Gasteiger partial charge on any atom is 0.413 e. The Morgan fingerprint density at radius 1 is 1.22 bits per heavy atom. The van der Waals surface area contributed by atoms with Gasteiger partial charge in [0.25, 0.3) is 0 Å². The fourth-order valence-corrected chi connectivity index (χ4v) is 1.78. The maximum atomic E-state index is 11.7. The summed E-state index contributed by atoms with van der Waals surface area (Å²) in [7, 11) is 0. The van der Waals surface area contributed by atoms with E-state index >= 15 is 0 Å². The molecule has 0 aliphatic carbocycles. The highest BCUT2D eigenvalue weighted by Gasteiger charge is 2.18. The van der Waals surface area contributed by atoms with Crippen LogP contribution in [0.5, 0.6) is 0 Å². The summed E-state index contributed by atoms with van der Waals surface area (Å²) in [6, 6.07) is 1.52. The molecule has 1 aromatic heterocycles. The average molecular weight is 341 g/mol. The minimum absolute atomic E-state index is 0.0793. The average Bonchev–Trinajstić information content (AvgIpc) is 2.35. The molecular weight excluding hydrogens is 318 g/mol. The first-order chi connectivity index (χ1) is 10.5. The van der Waals surface area contributed by atoms with E-state index in [0.29, 0.717) is 10.9 Å². The van der Waals surface area contributed by atoms with Gasteiger partial charge in [0, 0.05) is 6.07 Å². The van der Waals surface area contributed by atoms with Crippen LogP contribution >= 0.6 is 12.2 Å². The Hall–Kier alpha value is -2.00. The second-order valence-corrected chi connectivity index (χ2v) is 6.94. The standard InChI is InChI=1S/C14H23N5O3S/c1-13(2,3)22-12(21)18-10-6-9(15-8-16-10)17-11(23)19-14(4,5)7-20/h6,8,20H,7H2,1-5H3,(H3,15,16,17,18,19,21,23). The molecule has 0 fully saturated rings. The van der Waals surface area contributed by atoms with Crippen molar-refractivity contribution in [3.05, 3.63) is 12.4 Å². The number of anilines is 2. The number of carbonyl (C=O) groups excluding carboxylic acids is 1. The van der Waals surface area contributed by atoms with Gasteiger partial charge in [-0.2, -0.15) is 0 Å². The van der Waals surface area contributed by atoms with E-state index in [9.17, 15) is 9.90 Å². The molecule has 0 aliphatic rings. The smallest absolute Gasteiger partial charge is 0.413 e. The van der Waals surface area contributed by atoms with Gasteiger partial charge in [-0.25, -0.2) is 14.8 Å². The largest absolute Gasteiger partial charge is 0.444 e. The third-order valence-electron chi connectivity index (χ3n) is 2.38. The molecule has 0 radical (unpaired) electrons. The quantitative estimate of drug-likeness (QED) is 0.615. The summed E-state index contributed by atoms with van der Waals surface area (Å²) < 4.78 is 5.15. The van der Waals surface area contributed by atoms with Gasteiger partial charge >= 0.3 is 6.09 Å². The van der Waals surface area contributed by atoms with Crippen molar-refractivity contribution in [3.63, 3.8) is 0 Å². The van der Waals surface area contributed by atoms with Crippen LogP contribution in [0, 0.1) is 0 Å². The zero-order valence-corrected chi connectivity index (χ0v) is 14.7. The molecule has 9 heteroatoms. The number of carbonyl (C=O) groups is 1. The number of thiocarbonyl (C=S) groups is 1. The molecule has 128 valence electrons. The minimum Gasteiger partial charge on any atom is -0.444 e. The number of aliphatic hydroxyl groups excluding tert-OH is 1. The molecule has 0 spiro atoms. The van der Waals surface area contributed by atoms with Crippen LogP contribution in [0.15, 0.2) is 12.4 Å². The summed E-state index contributed by atoms with van der Waals surface area (Å²) in [6.45, 7) is 8.84. The fourth-order valence-electron chi connectivity index (χ4n) is 1.40. The Labute approximate surface area is 141 Å². The van der Waals surface area contributed by atoms with Gasteiger partial charge in [-0.3, -0.25) is 5.32 Å². The molecule has 1 heterocycles. The van der Waals surface area contributed by atoms with Gasteiger partial charge in [0.2, 0.25) is 0 Å². The number of rotatable bonds is 4. The third-order valence-corrected chi connectivity index (χ3v) is 2.59. The van der Waals surface area contributed by atoms with Crippen molar-refractivity contribution < 1.29 is 14.6 Å². The Morgan fingerprint density at radius 2 is 1.78 bits per heavy atom. The van der Waals surface area contributed by atoms with Gasteiger partial charge < -0.3 is 20.5 Å². The summed E-state index contributed by atoms with van der Waals surface area (Å²) in [5.41, 5.74) is -1.16. The highest BCUT2D eigenvalue weighted by atomic mass is 32.1. The molecule has 0 bridgehead atoms. The highest BCUT2D eigenvalue weighted by molar-refractivity contribution is 7.80. The van der Waals surface area contributed by atoms with Crippen molar-refractivity contribution in [1.82, 2.24) is 15.3 Å². The molecular formula is C14H23N5O3S.